The second-order valence-electron chi connectivity index (χ2n) is 9.36. The number of ether oxygens (including phenoxy) is 2. The fourth-order valence-electron chi connectivity index (χ4n) is 4.39. The molecule has 0 spiro atoms. The van der Waals surface area contributed by atoms with Crippen molar-refractivity contribution in [3.8, 4) is 11.5 Å². The first-order valence-corrected chi connectivity index (χ1v) is 12.4. The minimum absolute atomic E-state index is 0.153. The summed E-state index contributed by atoms with van der Waals surface area (Å²) >= 11 is 5.96. The summed E-state index contributed by atoms with van der Waals surface area (Å²) in [6, 6.07) is 16.8. The molecular weight excluding hydrogens is 535 g/mol. The fourth-order valence-corrected chi connectivity index (χ4v) is 4.52. The van der Waals surface area contributed by atoms with Crippen molar-refractivity contribution in [2.75, 3.05) is 0 Å². The SMILES string of the molecule is Cc1c(C(=O)c2ccc(Cl)cc2)c2ccc(OC(F)(F)F)cc2n1Cc1cccc(OC(C(=O)[O-])C(C)C)c1. The molecule has 0 amide bonds. The molecule has 1 aromatic heterocycles. The molecule has 0 radical (unpaired) electrons. The first kappa shape index (κ1) is 28.0. The zero-order valence-electron chi connectivity index (χ0n) is 21.2. The Morgan fingerprint density at radius 1 is 1.00 bits per heavy atom. The number of ketones is 1. The van der Waals surface area contributed by atoms with E-state index >= 15 is 0 Å². The Kier molecular flexibility index (Phi) is 7.92. The van der Waals surface area contributed by atoms with Crippen molar-refractivity contribution >= 4 is 34.3 Å². The van der Waals surface area contributed by atoms with Crippen molar-refractivity contribution in [2.45, 2.75) is 39.8 Å². The van der Waals surface area contributed by atoms with Crippen LogP contribution in [0.5, 0.6) is 11.5 Å². The molecule has 1 atom stereocenters. The summed E-state index contributed by atoms with van der Waals surface area (Å²) in [5.74, 6) is -2.13. The fraction of sp³-hybridized carbons (Fsp3) is 0.241. The number of benzene rings is 3. The normalized spacial score (nSPS) is 12.5. The number of halogens is 4. The third-order valence-electron chi connectivity index (χ3n) is 6.20. The van der Waals surface area contributed by atoms with Crippen molar-refractivity contribution < 1.29 is 37.3 Å². The highest BCUT2D eigenvalue weighted by Gasteiger charge is 2.32. The second-order valence-corrected chi connectivity index (χ2v) is 9.79. The molecule has 39 heavy (non-hydrogen) atoms. The number of aliphatic carboxylic acids is 1. The van der Waals surface area contributed by atoms with Gasteiger partial charge in [0.05, 0.1) is 17.0 Å². The van der Waals surface area contributed by atoms with Crippen LogP contribution in [0.2, 0.25) is 5.02 Å². The molecule has 204 valence electrons. The zero-order valence-corrected chi connectivity index (χ0v) is 22.0. The Morgan fingerprint density at radius 3 is 2.31 bits per heavy atom. The van der Waals surface area contributed by atoms with Gasteiger partial charge in [-0.25, -0.2) is 0 Å². The Labute approximate surface area is 227 Å². The largest absolute Gasteiger partial charge is 0.573 e. The summed E-state index contributed by atoms with van der Waals surface area (Å²) < 4.78 is 50.4. The molecule has 0 N–H and O–H groups in total. The lowest BCUT2D eigenvalue weighted by molar-refractivity contribution is -0.315. The molecular formula is C29H24ClF3NO5-. The number of nitrogens with zero attached hydrogens (tertiary/aromatic N) is 1. The monoisotopic (exact) mass is 558 g/mol. The van der Waals surface area contributed by atoms with Crippen LogP contribution in [-0.4, -0.2) is 28.8 Å². The van der Waals surface area contributed by atoms with Gasteiger partial charge in [-0.2, -0.15) is 0 Å². The van der Waals surface area contributed by atoms with Crippen molar-refractivity contribution in [3.63, 3.8) is 0 Å². The van der Waals surface area contributed by atoms with E-state index in [1.807, 2.05) is 0 Å². The maximum absolute atomic E-state index is 13.5. The van der Waals surface area contributed by atoms with Crippen LogP contribution in [0.3, 0.4) is 0 Å². The number of hydrogen-bond acceptors (Lipinski definition) is 5. The molecule has 0 aliphatic carbocycles. The number of alkyl halides is 3. The van der Waals surface area contributed by atoms with Crippen molar-refractivity contribution in [1.82, 2.24) is 4.57 Å². The number of carboxylic acids is 1. The van der Waals surface area contributed by atoms with Gasteiger partial charge >= 0.3 is 6.36 Å². The maximum Gasteiger partial charge on any atom is 0.573 e. The summed E-state index contributed by atoms with van der Waals surface area (Å²) in [7, 11) is 0. The molecule has 4 rings (SSSR count). The molecule has 10 heteroatoms. The van der Waals surface area contributed by atoms with Crippen LogP contribution in [0.15, 0.2) is 66.7 Å². The molecule has 4 aromatic rings. The lowest BCUT2D eigenvalue weighted by Crippen LogP contribution is -2.42. The Balaban J connectivity index is 1.80. The first-order valence-electron chi connectivity index (χ1n) is 12.0. The molecule has 0 fully saturated rings. The second kappa shape index (κ2) is 11.0. The van der Waals surface area contributed by atoms with Gasteiger partial charge in [-0.15, -0.1) is 13.2 Å². The molecule has 0 bridgehead atoms. The number of hydrogen-bond donors (Lipinski definition) is 0. The minimum atomic E-state index is -4.89. The molecule has 0 aliphatic heterocycles. The zero-order chi connectivity index (χ0) is 28.5. The van der Waals surface area contributed by atoms with E-state index in [4.69, 9.17) is 16.3 Å². The van der Waals surface area contributed by atoms with Gasteiger partial charge in [0.2, 0.25) is 0 Å². The molecule has 0 saturated carbocycles. The van der Waals surface area contributed by atoms with Gasteiger partial charge in [0.25, 0.3) is 0 Å². The van der Waals surface area contributed by atoms with E-state index in [1.165, 1.54) is 18.2 Å². The molecule has 0 saturated heterocycles. The van der Waals surface area contributed by atoms with Crippen LogP contribution in [0, 0.1) is 12.8 Å². The standard InChI is InChI=1S/C29H25ClF3NO5/c1-16(2)27(28(36)37)38-21-6-4-5-18(13-21)15-34-17(3)25(26(35)19-7-9-20(30)10-8-19)23-12-11-22(14-24(23)34)39-29(31,32)33/h4-14,16,27H,15H2,1-3H3,(H,36,37)/p-1. The number of aromatic nitrogens is 1. The van der Waals surface area contributed by atoms with E-state index < -0.39 is 24.2 Å². The molecule has 0 aliphatic rings. The Morgan fingerprint density at radius 2 is 1.69 bits per heavy atom. The van der Waals surface area contributed by atoms with Crippen molar-refractivity contribution in [3.05, 3.63) is 94.1 Å². The minimum Gasteiger partial charge on any atom is -0.546 e. The lowest BCUT2D eigenvalue weighted by Gasteiger charge is -2.23. The highest BCUT2D eigenvalue weighted by Crippen LogP contribution is 2.34. The van der Waals surface area contributed by atoms with Crippen LogP contribution < -0.4 is 14.6 Å². The maximum atomic E-state index is 13.5. The number of carbonyl (C=O) groups is 2. The predicted octanol–water partition coefficient (Wildman–Crippen LogP) is 5.93. The first-order chi connectivity index (χ1) is 18.3. The van der Waals surface area contributed by atoms with Gasteiger partial charge in [-0.3, -0.25) is 4.79 Å². The smallest absolute Gasteiger partial charge is 0.546 e. The van der Waals surface area contributed by atoms with Crippen LogP contribution in [0.1, 0.15) is 41.0 Å². The topological polar surface area (TPSA) is 80.6 Å². The van der Waals surface area contributed by atoms with Crippen LogP contribution in [0.4, 0.5) is 13.2 Å². The van der Waals surface area contributed by atoms with E-state index in [2.05, 4.69) is 4.74 Å². The molecule has 1 heterocycles. The molecule has 1 unspecified atom stereocenters. The van der Waals surface area contributed by atoms with E-state index in [-0.39, 0.29) is 18.2 Å². The van der Waals surface area contributed by atoms with Crippen molar-refractivity contribution in [1.29, 1.82) is 0 Å². The van der Waals surface area contributed by atoms with E-state index in [1.54, 1.807) is 73.9 Å². The number of fused-ring (bicyclic) bond motifs is 1. The van der Waals surface area contributed by atoms with Crippen molar-refractivity contribution in [2.24, 2.45) is 5.92 Å². The predicted molar refractivity (Wildman–Crippen MR) is 138 cm³/mol. The number of carbonyl (C=O) groups excluding carboxylic acids is 2. The van der Waals surface area contributed by atoms with E-state index in [0.29, 0.717) is 44.1 Å². The van der Waals surface area contributed by atoms with Gasteiger partial charge < -0.3 is 23.9 Å². The molecule has 3 aromatic carbocycles. The summed E-state index contributed by atoms with van der Waals surface area (Å²) in [6.45, 7) is 5.25. The van der Waals surface area contributed by atoms with E-state index in [0.717, 1.165) is 0 Å². The molecule has 6 nitrogen and oxygen atoms in total. The third-order valence-corrected chi connectivity index (χ3v) is 6.46. The van der Waals surface area contributed by atoms with Gasteiger partial charge in [-0.1, -0.05) is 37.6 Å². The summed E-state index contributed by atoms with van der Waals surface area (Å²) in [4.78, 5) is 25.0. The number of carboxylic acid groups (broad SMARTS) is 1. The van der Waals surface area contributed by atoms with Crippen LogP contribution in [0.25, 0.3) is 10.9 Å². The van der Waals surface area contributed by atoms with Crippen LogP contribution in [-0.2, 0) is 11.3 Å². The lowest BCUT2D eigenvalue weighted by atomic mass is 10.0. The summed E-state index contributed by atoms with van der Waals surface area (Å²) in [6.07, 6.45) is -6.06. The van der Waals surface area contributed by atoms with E-state index in [9.17, 15) is 27.9 Å². The van der Waals surface area contributed by atoms with Gasteiger partial charge in [0.15, 0.2) is 5.78 Å². The van der Waals surface area contributed by atoms with Gasteiger partial charge in [0.1, 0.15) is 17.6 Å². The average Bonchev–Trinajstić information content (AvgIpc) is 3.12. The van der Waals surface area contributed by atoms with Gasteiger partial charge in [-0.05, 0) is 66.9 Å². The summed E-state index contributed by atoms with van der Waals surface area (Å²) in [5.41, 5.74) is 2.24. The number of rotatable bonds is 9. The highest BCUT2D eigenvalue weighted by atomic mass is 35.5. The average molecular weight is 559 g/mol. The highest BCUT2D eigenvalue weighted by molar-refractivity contribution is 6.30. The third kappa shape index (κ3) is 6.37. The Hall–Kier alpha value is -3.98. The quantitative estimate of drug-likeness (QED) is 0.238. The Bertz CT molecular complexity index is 1530. The van der Waals surface area contributed by atoms with Crippen LogP contribution >= 0.6 is 11.6 Å². The summed E-state index contributed by atoms with van der Waals surface area (Å²) in [5, 5.41) is 12.4. The van der Waals surface area contributed by atoms with Gasteiger partial charge in [0, 0.05) is 34.3 Å².